The summed E-state index contributed by atoms with van der Waals surface area (Å²) in [7, 11) is 1.46. The van der Waals surface area contributed by atoms with Crippen LogP contribution in [0.5, 0.6) is 5.75 Å². The lowest BCUT2D eigenvalue weighted by Crippen LogP contribution is -2.48. The summed E-state index contributed by atoms with van der Waals surface area (Å²) >= 11 is 8.35. The fourth-order valence-electron chi connectivity index (χ4n) is 2.54. The predicted molar refractivity (Wildman–Crippen MR) is 119 cm³/mol. The molecule has 0 atom stereocenters. The second-order valence-corrected chi connectivity index (χ2v) is 7.87. The van der Waals surface area contributed by atoms with E-state index in [9.17, 15) is 14.4 Å². The van der Waals surface area contributed by atoms with Gasteiger partial charge in [-0.2, -0.15) is 0 Å². The summed E-state index contributed by atoms with van der Waals surface area (Å²) in [5.74, 6) is -0.457. The Kier molecular flexibility index (Phi) is 7.01. The molecule has 0 aliphatic heterocycles. The van der Waals surface area contributed by atoms with Gasteiger partial charge in [0, 0.05) is 21.6 Å². The molecular formula is C20H19BrN4O4S. The molecule has 0 radical (unpaired) electrons. The largest absolute Gasteiger partial charge is 0.496 e. The summed E-state index contributed by atoms with van der Waals surface area (Å²) < 4.78 is 5.87. The van der Waals surface area contributed by atoms with Gasteiger partial charge in [0.25, 0.3) is 11.8 Å². The third-order valence-corrected chi connectivity index (χ3v) is 4.98. The van der Waals surface area contributed by atoms with Gasteiger partial charge in [0.2, 0.25) is 5.91 Å². The highest BCUT2D eigenvalue weighted by molar-refractivity contribution is 9.10. The number of amides is 3. The predicted octanol–water partition coefficient (Wildman–Crippen LogP) is 2.76. The molecule has 4 N–H and O–H groups in total. The highest BCUT2D eigenvalue weighted by atomic mass is 79.9. The molecule has 0 spiro atoms. The molecule has 3 rings (SSSR count). The van der Waals surface area contributed by atoms with Gasteiger partial charge in [0.05, 0.1) is 12.7 Å². The Morgan fingerprint density at radius 2 is 1.73 bits per heavy atom. The standard InChI is InChI=1S/C20H19BrN4O4S/c1-29-16-9-6-13(21)10-15(16)19(28)23-20(30)25-24-18(27)12-4-7-14(8-5-12)22-17(26)11-2-3-11/h4-11H,2-3H2,1H3,(H,22,26)(H,24,27)(H2,23,25,28,30). The monoisotopic (exact) mass is 490 g/mol. The van der Waals surface area contributed by atoms with Crippen molar-refractivity contribution >= 4 is 56.7 Å². The number of thiocarbonyl (C=S) groups is 1. The zero-order chi connectivity index (χ0) is 21.7. The molecule has 8 nitrogen and oxygen atoms in total. The number of hydrazine groups is 1. The van der Waals surface area contributed by atoms with Crippen molar-refractivity contribution in [3.8, 4) is 5.75 Å². The van der Waals surface area contributed by atoms with Crippen LogP contribution in [0.15, 0.2) is 46.9 Å². The van der Waals surface area contributed by atoms with Crippen LogP contribution < -0.4 is 26.2 Å². The molecule has 3 amide bonds. The first-order valence-corrected chi connectivity index (χ1v) is 10.2. The van der Waals surface area contributed by atoms with E-state index in [2.05, 4.69) is 37.4 Å². The number of ether oxygens (including phenoxy) is 1. The van der Waals surface area contributed by atoms with E-state index in [4.69, 9.17) is 17.0 Å². The van der Waals surface area contributed by atoms with Crippen LogP contribution in [0.2, 0.25) is 0 Å². The van der Waals surface area contributed by atoms with E-state index < -0.39 is 11.8 Å². The molecule has 0 aromatic heterocycles. The molecule has 1 aliphatic carbocycles. The van der Waals surface area contributed by atoms with Crippen molar-refractivity contribution in [2.45, 2.75) is 12.8 Å². The van der Waals surface area contributed by atoms with E-state index in [0.29, 0.717) is 21.5 Å². The van der Waals surface area contributed by atoms with E-state index in [0.717, 1.165) is 12.8 Å². The number of hydrogen-bond donors (Lipinski definition) is 4. The molecule has 0 unspecified atom stereocenters. The van der Waals surface area contributed by atoms with Gasteiger partial charge in [-0.3, -0.25) is 30.6 Å². The van der Waals surface area contributed by atoms with Crippen molar-refractivity contribution in [3.05, 3.63) is 58.1 Å². The topological polar surface area (TPSA) is 109 Å². The number of benzene rings is 2. The summed E-state index contributed by atoms with van der Waals surface area (Å²) in [6, 6.07) is 11.4. The Bertz CT molecular complexity index is 993. The van der Waals surface area contributed by atoms with Crippen LogP contribution in [0.1, 0.15) is 33.6 Å². The van der Waals surface area contributed by atoms with Crippen molar-refractivity contribution in [1.29, 1.82) is 0 Å². The number of anilines is 1. The molecule has 156 valence electrons. The third kappa shape index (κ3) is 5.77. The van der Waals surface area contributed by atoms with Crippen LogP contribution in [0.3, 0.4) is 0 Å². The van der Waals surface area contributed by atoms with E-state index in [1.807, 2.05) is 0 Å². The van der Waals surface area contributed by atoms with Crippen LogP contribution in [0.25, 0.3) is 0 Å². The molecular weight excluding hydrogens is 472 g/mol. The fourth-order valence-corrected chi connectivity index (χ4v) is 3.04. The number of halogens is 1. The number of nitrogens with one attached hydrogen (secondary N) is 4. The molecule has 0 saturated heterocycles. The van der Waals surface area contributed by atoms with Gasteiger partial charge in [-0.25, -0.2) is 0 Å². The summed E-state index contributed by atoms with van der Waals surface area (Å²) in [5.41, 5.74) is 6.16. The lowest BCUT2D eigenvalue weighted by Gasteiger charge is -2.13. The van der Waals surface area contributed by atoms with Gasteiger partial charge < -0.3 is 10.1 Å². The van der Waals surface area contributed by atoms with Crippen LogP contribution in [-0.4, -0.2) is 29.9 Å². The Balaban J connectivity index is 1.50. The normalized spacial score (nSPS) is 12.5. The molecule has 2 aromatic carbocycles. The van der Waals surface area contributed by atoms with Crippen LogP contribution in [0.4, 0.5) is 5.69 Å². The third-order valence-electron chi connectivity index (χ3n) is 4.29. The Labute approximate surface area is 186 Å². The molecule has 10 heteroatoms. The van der Waals surface area contributed by atoms with Gasteiger partial charge >= 0.3 is 0 Å². The van der Waals surface area contributed by atoms with E-state index in [-0.39, 0.29) is 22.5 Å². The second-order valence-electron chi connectivity index (χ2n) is 6.55. The lowest BCUT2D eigenvalue weighted by molar-refractivity contribution is -0.117. The average Bonchev–Trinajstić information content (AvgIpc) is 3.58. The van der Waals surface area contributed by atoms with Crippen LogP contribution in [-0.2, 0) is 4.79 Å². The number of carbonyl (C=O) groups is 3. The van der Waals surface area contributed by atoms with Crippen molar-refractivity contribution in [3.63, 3.8) is 0 Å². The fraction of sp³-hybridized carbons (Fsp3) is 0.200. The number of hydrogen-bond acceptors (Lipinski definition) is 5. The van der Waals surface area contributed by atoms with Crippen molar-refractivity contribution < 1.29 is 19.1 Å². The summed E-state index contributed by atoms with van der Waals surface area (Å²) in [6.45, 7) is 0. The van der Waals surface area contributed by atoms with Crippen molar-refractivity contribution in [2.24, 2.45) is 5.92 Å². The molecule has 1 saturated carbocycles. The van der Waals surface area contributed by atoms with E-state index in [1.165, 1.54) is 7.11 Å². The highest BCUT2D eigenvalue weighted by Gasteiger charge is 2.29. The SMILES string of the molecule is COc1ccc(Br)cc1C(=O)NC(=S)NNC(=O)c1ccc(NC(=O)C2CC2)cc1. The molecule has 0 bridgehead atoms. The van der Waals surface area contributed by atoms with Gasteiger partial charge in [0.15, 0.2) is 5.11 Å². The number of rotatable bonds is 5. The first-order chi connectivity index (χ1) is 14.4. The van der Waals surface area contributed by atoms with Crippen LogP contribution in [0, 0.1) is 5.92 Å². The minimum atomic E-state index is -0.490. The number of methoxy groups -OCH3 is 1. The second kappa shape index (κ2) is 9.68. The van der Waals surface area contributed by atoms with E-state index in [1.54, 1.807) is 42.5 Å². The first-order valence-electron chi connectivity index (χ1n) is 9.03. The Morgan fingerprint density at radius 3 is 2.37 bits per heavy atom. The van der Waals surface area contributed by atoms with Gasteiger partial charge in [-0.15, -0.1) is 0 Å². The molecule has 1 aliphatic rings. The highest BCUT2D eigenvalue weighted by Crippen LogP contribution is 2.30. The summed E-state index contributed by atoms with van der Waals surface area (Å²) in [5, 5.41) is 5.19. The maximum Gasteiger partial charge on any atom is 0.269 e. The maximum atomic E-state index is 12.4. The maximum absolute atomic E-state index is 12.4. The molecule has 0 heterocycles. The number of carbonyl (C=O) groups excluding carboxylic acids is 3. The average molecular weight is 491 g/mol. The Morgan fingerprint density at radius 1 is 1.03 bits per heavy atom. The molecule has 1 fully saturated rings. The quantitative estimate of drug-likeness (QED) is 0.379. The zero-order valence-corrected chi connectivity index (χ0v) is 18.4. The van der Waals surface area contributed by atoms with Crippen molar-refractivity contribution in [1.82, 2.24) is 16.2 Å². The van der Waals surface area contributed by atoms with E-state index >= 15 is 0 Å². The minimum Gasteiger partial charge on any atom is -0.496 e. The van der Waals surface area contributed by atoms with Gasteiger partial charge in [-0.05, 0) is 67.5 Å². The van der Waals surface area contributed by atoms with Gasteiger partial charge in [0.1, 0.15) is 5.75 Å². The first kappa shape index (κ1) is 21.7. The smallest absolute Gasteiger partial charge is 0.269 e. The summed E-state index contributed by atoms with van der Waals surface area (Å²) in [6.07, 6.45) is 1.84. The molecule has 30 heavy (non-hydrogen) atoms. The zero-order valence-electron chi connectivity index (χ0n) is 16.0. The summed E-state index contributed by atoms with van der Waals surface area (Å²) in [4.78, 5) is 36.4. The minimum absolute atomic E-state index is 0.00275. The molecule has 2 aromatic rings. The Hall–Kier alpha value is -2.98. The van der Waals surface area contributed by atoms with Crippen LogP contribution >= 0.6 is 28.1 Å². The lowest BCUT2D eigenvalue weighted by atomic mass is 10.2. The van der Waals surface area contributed by atoms with Gasteiger partial charge in [-0.1, -0.05) is 15.9 Å². The van der Waals surface area contributed by atoms with Crippen molar-refractivity contribution in [2.75, 3.05) is 12.4 Å².